The van der Waals surface area contributed by atoms with Crippen molar-refractivity contribution in [1.29, 1.82) is 0 Å². The minimum Gasteiger partial charge on any atom is -0.378 e. The molecule has 0 atom stereocenters. The van der Waals surface area contributed by atoms with E-state index >= 15 is 0 Å². The highest BCUT2D eigenvalue weighted by Crippen LogP contribution is 2.25. The van der Waals surface area contributed by atoms with Gasteiger partial charge in [-0.25, -0.2) is 0 Å². The lowest BCUT2D eigenvalue weighted by Crippen LogP contribution is -2.26. The highest BCUT2D eigenvalue weighted by atomic mass is 16.2. The van der Waals surface area contributed by atoms with Gasteiger partial charge in [-0.3, -0.25) is 4.79 Å². The quantitative estimate of drug-likeness (QED) is 0.670. The Labute approximate surface area is 155 Å². The summed E-state index contributed by atoms with van der Waals surface area (Å²) in [4.78, 5) is 16.9. The summed E-state index contributed by atoms with van der Waals surface area (Å²) in [5.41, 5.74) is 5.01. The Balaban J connectivity index is 1.81. The molecule has 3 aromatic carbocycles. The van der Waals surface area contributed by atoms with Crippen molar-refractivity contribution in [2.24, 2.45) is 0 Å². The van der Waals surface area contributed by atoms with Gasteiger partial charge < -0.3 is 9.80 Å². The van der Waals surface area contributed by atoms with Gasteiger partial charge in [-0.1, -0.05) is 60.7 Å². The van der Waals surface area contributed by atoms with Crippen molar-refractivity contribution in [2.45, 2.75) is 6.54 Å². The monoisotopic (exact) mass is 344 g/mol. The van der Waals surface area contributed by atoms with Crippen molar-refractivity contribution in [3.63, 3.8) is 0 Å². The highest BCUT2D eigenvalue weighted by Gasteiger charge is 2.16. The first-order chi connectivity index (χ1) is 12.6. The second-order valence-corrected chi connectivity index (χ2v) is 6.63. The molecule has 0 N–H and O–H groups in total. The average Bonchev–Trinajstić information content (AvgIpc) is 2.68. The number of nitrogens with zero attached hydrogens (tertiary/aromatic N) is 2. The fourth-order valence-corrected chi connectivity index (χ4v) is 2.99. The van der Waals surface area contributed by atoms with Crippen LogP contribution in [-0.4, -0.2) is 32.0 Å². The molecule has 0 radical (unpaired) electrons. The van der Waals surface area contributed by atoms with Crippen molar-refractivity contribution in [2.75, 3.05) is 26.0 Å². The smallest absolute Gasteiger partial charge is 0.254 e. The molecule has 0 fully saturated rings. The van der Waals surface area contributed by atoms with E-state index in [4.69, 9.17) is 0 Å². The van der Waals surface area contributed by atoms with Gasteiger partial charge in [0.2, 0.25) is 0 Å². The summed E-state index contributed by atoms with van der Waals surface area (Å²) >= 11 is 0. The molecule has 3 aromatic rings. The molecule has 0 spiro atoms. The Kier molecular flexibility index (Phi) is 5.37. The van der Waals surface area contributed by atoms with E-state index in [1.807, 2.05) is 75.7 Å². The standard InChI is InChI=1S/C23H24N2O/c1-24(2)20-15-13-18(14-16-20)17-25(3)23(26)22-12-8-7-11-21(22)19-9-5-4-6-10-19/h4-16H,17H2,1-3H3. The fourth-order valence-electron chi connectivity index (χ4n) is 2.99. The molecule has 132 valence electrons. The van der Waals surface area contributed by atoms with E-state index in [2.05, 4.69) is 29.2 Å². The predicted molar refractivity (Wildman–Crippen MR) is 108 cm³/mol. The van der Waals surface area contributed by atoms with E-state index in [-0.39, 0.29) is 5.91 Å². The number of anilines is 1. The van der Waals surface area contributed by atoms with Crippen molar-refractivity contribution in [1.82, 2.24) is 4.90 Å². The summed E-state index contributed by atoms with van der Waals surface area (Å²) in [6.07, 6.45) is 0. The van der Waals surface area contributed by atoms with Crippen LogP contribution in [0.4, 0.5) is 5.69 Å². The second kappa shape index (κ2) is 7.87. The molecule has 0 unspecified atom stereocenters. The fraction of sp³-hybridized carbons (Fsp3) is 0.174. The van der Waals surface area contributed by atoms with Crippen LogP contribution in [0.1, 0.15) is 15.9 Å². The normalized spacial score (nSPS) is 10.4. The third kappa shape index (κ3) is 3.94. The second-order valence-electron chi connectivity index (χ2n) is 6.63. The van der Waals surface area contributed by atoms with E-state index < -0.39 is 0 Å². The number of amides is 1. The number of carbonyl (C=O) groups is 1. The summed E-state index contributed by atoms with van der Waals surface area (Å²) in [5, 5.41) is 0. The van der Waals surface area contributed by atoms with E-state index in [1.165, 1.54) is 0 Å². The van der Waals surface area contributed by atoms with Crippen molar-refractivity contribution in [3.8, 4) is 11.1 Å². The molecule has 0 saturated heterocycles. The van der Waals surface area contributed by atoms with Crippen LogP contribution in [0, 0.1) is 0 Å². The molecule has 0 heterocycles. The molecular formula is C23H24N2O. The van der Waals surface area contributed by atoms with Crippen LogP contribution < -0.4 is 4.90 Å². The Hall–Kier alpha value is -3.07. The minimum atomic E-state index is 0.0288. The molecule has 3 heteroatoms. The molecule has 0 aliphatic rings. The summed E-state index contributed by atoms with van der Waals surface area (Å²) in [6.45, 7) is 0.579. The molecule has 26 heavy (non-hydrogen) atoms. The molecule has 0 aromatic heterocycles. The molecule has 0 aliphatic carbocycles. The number of carbonyl (C=O) groups excluding carboxylic acids is 1. The first-order valence-corrected chi connectivity index (χ1v) is 8.72. The predicted octanol–water partition coefficient (Wildman–Crippen LogP) is 4.69. The van der Waals surface area contributed by atoms with E-state index in [1.54, 1.807) is 4.90 Å². The van der Waals surface area contributed by atoms with Crippen LogP contribution >= 0.6 is 0 Å². The van der Waals surface area contributed by atoms with E-state index in [0.29, 0.717) is 6.54 Å². The zero-order chi connectivity index (χ0) is 18.5. The van der Waals surface area contributed by atoms with Crippen LogP contribution in [-0.2, 0) is 6.54 Å². The van der Waals surface area contributed by atoms with E-state index in [0.717, 1.165) is 27.9 Å². The van der Waals surface area contributed by atoms with Gasteiger partial charge in [0.15, 0.2) is 0 Å². The first-order valence-electron chi connectivity index (χ1n) is 8.72. The van der Waals surface area contributed by atoms with Gasteiger partial charge in [-0.15, -0.1) is 0 Å². The van der Waals surface area contributed by atoms with Crippen LogP contribution in [0.15, 0.2) is 78.9 Å². The number of rotatable bonds is 5. The molecule has 3 rings (SSSR count). The third-order valence-electron chi connectivity index (χ3n) is 4.46. The van der Waals surface area contributed by atoms with Gasteiger partial charge in [0, 0.05) is 38.9 Å². The van der Waals surface area contributed by atoms with Gasteiger partial charge in [0.25, 0.3) is 5.91 Å². The highest BCUT2D eigenvalue weighted by molar-refractivity contribution is 6.00. The Bertz CT molecular complexity index is 870. The number of hydrogen-bond acceptors (Lipinski definition) is 2. The lowest BCUT2D eigenvalue weighted by Gasteiger charge is -2.20. The van der Waals surface area contributed by atoms with Gasteiger partial charge in [-0.2, -0.15) is 0 Å². The van der Waals surface area contributed by atoms with Crippen LogP contribution in [0.25, 0.3) is 11.1 Å². The SMILES string of the molecule is CN(Cc1ccc(N(C)C)cc1)C(=O)c1ccccc1-c1ccccc1. The van der Waals surface area contributed by atoms with Gasteiger partial charge in [0.05, 0.1) is 0 Å². The number of benzene rings is 3. The van der Waals surface area contributed by atoms with Crippen molar-refractivity contribution in [3.05, 3.63) is 90.0 Å². The third-order valence-corrected chi connectivity index (χ3v) is 4.46. The summed E-state index contributed by atoms with van der Waals surface area (Å²) in [5.74, 6) is 0.0288. The lowest BCUT2D eigenvalue weighted by atomic mass is 9.99. The van der Waals surface area contributed by atoms with Crippen molar-refractivity contribution < 1.29 is 4.79 Å². The summed E-state index contributed by atoms with van der Waals surface area (Å²) < 4.78 is 0. The van der Waals surface area contributed by atoms with Crippen molar-refractivity contribution >= 4 is 11.6 Å². The van der Waals surface area contributed by atoms with Gasteiger partial charge >= 0.3 is 0 Å². The maximum Gasteiger partial charge on any atom is 0.254 e. The zero-order valence-corrected chi connectivity index (χ0v) is 15.5. The summed E-state index contributed by atoms with van der Waals surface area (Å²) in [6, 6.07) is 26.1. The molecule has 0 saturated carbocycles. The molecule has 0 aliphatic heterocycles. The molecule has 0 bridgehead atoms. The lowest BCUT2D eigenvalue weighted by molar-refractivity contribution is 0.0786. The topological polar surface area (TPSA) is 23.6 Å². The Morgan fingerprint density at radius 3 is 2.04 bits per heavy atom. The van der Waals surface area contributed by atoms with Crippen LogP contribution in [0.2, 0.25) is 0 Å². The number of hydrogen-bond donors (Lipinski definition) is 0. The average molecular weight is 344 g/mol. The molecular weight excluding hydrogens is 320 g/mol. The molecule has 1 amide bonds. The maximum absolute atomic E-state index is 13.0. The first kappa shape index (κ1) is 17.7. The summed E-state index contributed by atoms with van der Waals surface area (Å²) in [7, 11) is 5.89. The molecule has 3 nitrogen and oxygen atoms in total. The Morgan fingerprint density at radius 1 is 0.769 bits per heavy atom. The van der Waals surface area contributed by atoms with Gasteiger partial charge in [-0.05, 0) is 34.9 Å². The maximum atomic E-state index is 13.0. The van der Waals surface area contributed by atoms with Gasteiger partial charge in [0.1, 0.15) is 0 Å². The van der Waals surface area contributed by atoms with E-state index in [9.17, 15) is 4.79 Å². The largest absolute Gasteiger partial charge is 0.378 e. The Morgan fingerprint density at radius 2 is 1.38 bits per heavy atom. The minimum absolute atomic E-state index is 0.0288. The zero-order valence-electron chi connectivity index (χ0n) is 15.5. The van der Waals surface area contributed by atoms with Crippen LogP contribution in [0.3, 0.4) is 0 Å². The van der Waals surface area contributed by atoms with Crippen LogP contribution in [0.5, 0.6) is 0 Å².